The molecule has 1 aliphatic heterocycles. The summed E-state index contributed by atoms with van der Waals surface area (Å²) >= 11 is 0. The topological polar surface area (TPSA) is 88.2 Å². The second-order valence-corrected chi connectivity index (χ2v) is 6.22. The van der Waals surface area contributed by atoms with E-state index in [0.29, 0.717) is 12.4 Å². The third kappa shape index (κ3) is 2.76. The summed E-state index contributed by atoms with van der Waals surface area (Å²) in [6, 6.07) is 11.9. The molecule has 4 rings (SSSR count). The molecule has 0 aliphatic carbocycles. The lowest BCUT2D eigenvalue weighted by atomic mass is 9.94. The van der Waals surface area contributed by atoms with E-state index in [2.05, 4.69) is 25.9 Å². The number of rotatable bonds is 3. The first-order chi connectivity index (χ1) is 11.7. The summed E-state index contributed by atoms with van der Waals surface area (Å²) in [6.07, 6.45) is 3.71. The summed E-state index contributed by atoms with van der Waals surface area (Å²) in [5.74, 6) is 1.36. The lowest BCUT2D eigenvalue weighted by Gasteiger charge is -2.17. The van der Waals surface area contributed by atoms with Gasteiger partial charge < -0.3 is 15.7 Å². The maximum atomic E-state index is 10.5. The number of fused-ring (bicyclic) bond motifs is 1. The number of β-amino-alcohol motifs (C(OH)–C–C–N with tert-alkyl or cyclic N) is 1. The Kier molecular flexibility index (Phi) is 3.74. The smallest absolute Gasteiger partial charge is 0.134 e. The largest absolute Gasteiger partial charge is 0.391 e. The minimum absolute atomic E-state index is 0.145. The van der Waals surface area contributed by atoms with Crippen molar-refractivity contribution in [1.82, 2.24) is 15.0 Å². The normalized spacial score (nSPS) is 20.6. The Balaban J connectivity index is 1.57. The second kappa shape index (κ2) is 6.05. The number of nitrogens with two attached hydrogens (primary N) is 1. The van der Waals surface area contributed by atoms with Crippen molar-refractivity contribution >= 4 is 22.5 Å². The lowest BCUT2D eigenvalue weighted by Crippen LogP contribution is -2.22. The van der Waals surface area contributed by atoms with Crippen LogP contribution in [0.15, 0.2) is 48.9 Å². The predicted molar refractivity (Wildman–Crippen MR) is 93.6 cm³/mol. The third-order valence-corrected chi connectivity index (χ3v) is 4.63. The molecule has 6 nitrogen and oxygen atoms in total. The van der Waals surface area contributed by atoms with Crippen LogP contribution in [0.25, 0.3) is 10.9 Å². The first-order valence-corrected chi connectivity index (χ1v) is 8.04. The van der Waals surface area contributed by atoms with E-state index in [-0.39, 0.29) is 5.92 Å². The van der Waals surface area contributed by atoms with Crippen molar-refractivity contribution in [3.05, 3.63) is 54.5 Å². The Labute approximate surface area is 140 Å². The molecule has 0 amide bonds. The summed E-state index contributed by atoms with van der Waals surface area (Å²) in [5, 5.41) is 11.6. The van der Waals surface area contributed by atoms with Crippen molar-refractivity contribution in [2.24, 2.45) is 5.92 Å². The van der Waals surface area contributed by atoms with Crippen LogP contribution >= 0.6 is 0 Å². The van der Waals surface area contributed by atoms with Crippen LogP contribution in [0.1, 0.15) is 5.56 Å². The average Bonchev–Trinajstić information content (AvgIpc) is 2.96. The number of nitrogen functional groups attached to an aromatic ring is 1. The molecule has 24 heavy (non-hydrogen) atoms. The Morgan fingerprint density at radius 1 is 1.12 bits per heavy atom. The highest BCUT2D eigenvalue weighted by atomic mass is 16.3. The van der Waals surface area contributed by atoms with Crippen molar-refractivity contribution in [1.29, 1.82) is 0 Å². The van der Waals surface area contributed by atoms with Gasteiger partial charge in [-0.15, -0.1) is 0 Å². The molecule has 1 saturated heterocycles. The van der Waals surface area contributed by atoms with E-state index in [1.807, 2.05) is 30.5 Å². The molecule has 3 N–H and O–H groups in total. The van der Waals surface area contributed by atoms with E-state index < -0.39 is 6.10 Å². The summed E-state index contributed by atoms with van der Waals surface area (Å²) in [5.41, 5.74) is 7.94. The predicted octanol–water partition coefficient (Wildman–Crippen LogP) is 1.65. The van der Waals surface area contributed by atoms with Gasteiger partial charge in [-0.25, -0.2) is 9.97 Å². The average molecular weight is 321 g/mol. The summed E-state index contributed by atoms with van der Waals surface area (Å²) in [7, 11) is 0. The number of benzene rings is 1. The molecule has 0 saturated carbocycles. The third-order valence-electron chi connectivity index (χ3n) is 4.63. The number of aliphatic hydroxyl groups excluding tert-OH is 1. The summed E-state index contributed by atoms with van der Waals surface area (Å²) < 4.78 is 0. The minimum Gasteiger partial charge on any atom is -0.391 e. The molecule has 1 fully saturated rings. The van der Waals surface area contributed by atoms with Crippen LogP contribution in [0.4, 0.5) is 11.6 Å². The van der Waals surface area contributed by atoms with Crippen molar-refractivity contribution in [2.75, 3.05) is 23.7 Å². The Morgan fingerprint density at radius 2 is 2.00 bits per heavy atom. The van der Waals surface area contributed by atoms with Crippen LogP contribution < -0.4 is 10.6 Å². The van der Waals surface area contributed by atoms with Crippen LogP contribution in [0.2, 0.25) is 0 Å². The standard InChI is InChI=1S/C18H19N5O/c19-17-8-18(22-11-21-17)23-9-13(16(24)10-23)7-12-5-6-20-15-4-2-1-3-14(12)15/h1-6,8,11,13,16,24H,7,9-10H2,(H2,19,21,22)/t13-,16+/m1/s1. The van der Waals surface area contributed by atoms with Crippen LogP contribution in [0.5, 0.6) is 0 Å². The SMILES string of the molecule is Nc1cc(N2C[C@@H](Cc3ccnc4ccccc34)[C@@H](O)C2)ncn1. The van der Waals surface area contributed by atoms with Gasteiger partial charge in [0.1, 0.15) is 18.0 Å². The number of aliphatic hydroxyl groups is 1. The number of hydrogen-bond acceptors (Lipinski definition) is 6. The molecule has 1 aliphatic rings. The number of nitrogens with zero attached hydrogens (tertiary/aromatic N) is 4. The van der Waals surface area contributed by atoms with E-state index >= 15 is 0 Å². The van der Waals surface area contributed by atoms with Crippen LogP contribution in [0, 0.1) is 5.92 Å². The Bertz CT molecular complexity index is 863. The molecule has 122 valence electrons. The van der Waals surface area contributed by atoms with Crippen molar-refractivity contribution in [3.8, 4) is 0 Å². The monoisotopic (exact) mass is 321 g/mol. The molecule has 0 spiro atoms. The molecule has 0 unspecified atom stereocenters. The van der Waals surface area contributed by atoms with Gasteiger partial charge in [0, 0.05) is 36.7 Å². The van der Waals surface area contributed by atoms with E-state index in [9.17, 15) is 5.11 Å². The Morgan fingerprint density at radius 3 is 2.88 bits per heavy atom. The maximum absolute atomic E-state index is 10.5. The number of anilines is 2. The van der Waals surface area contributed by atoms with Gasteiger partial charge >= 0.3 is 0 Å². The number of pyridine rings is 1. The highest BCUT2D eigenvalue weighted by Gasteiger charge is 2.32. The van der Waals surface area contributed by atoms with E-state index in [4.69, 9.17) is 5.73 Å². The first-order valence-electron chi connectivity index (χ1n) is 8.04. The van der Waals surface area contributed by atoms with Gasteiger partial charge in [0.25, 0.3) is 0 Å². The van der Waals surface area contributed by atoms with Gasteiger partial charge in [0.2, 0.25) is 0 Å². The molecular weight excluding hydrogens is 302 g/mol. The quantitative estimate of drug-likeness (QED) is 0.762. The minimum atomic E-state index is -0.395. The van der Waals surface area contributed by atoms with Gasteiger partial charge in [-0.2, -0.15) is 0 Å². The maximum Gasteiger partial charge on any atom is 0.134 e. The van der Waals surface area contributed by atoms with Gasteiger partial charge in [-0.3, -0.25) is 4.98 Å². The zero-order valence-corrected chi connectivity index (χ0v) is 13.2. The molecule has 3 heterocycles. The number of hydrogen-bond donors (Lipinski definition) is 2. The summed E-state index contributed by atoms with van der Waals surface area (Å²) in [4.78, 5) is 14.7. The van der Waals surface area contributed by atoms with Gasteiger partial charge in [0.05, 0.1) is 11.6 Å². The molecule has 0 bridgehead atoms. The van der Waals surface area contributed by atoms with Gasteiger partial charge in [-0.1, -0.05) is 18.2 Å². The molecular formula is C18H19N5O. The van der Waals surface area contributed by atoms with Crippen LogP contribution in [0.3, 0.4) is 0 Å². The zero-order valence-electron chi connectivity index (χ0n) is 13.2. The molecule has 2 aromatic heterocycles. The number of aromatic nitrogens is 3. The highest BCUT2D eigenvalue weighted by Crippen LogP contribution is 2.28. The van der Waals surface area contributed by atoms with Crippen molar-refractivity contribution in [3.63, 3.8) is 0 Å². The van der Waals surface area contributed by atoms with Gasteiger partial charge in [0.15, 0.2) is 0 Å². The first kappa shape index (κ1) is 14.8. The van der Waals surface area contributed by atoms with Crippen molar-refractivity contribution < 1.29 is 5.11 Å². The number of para-hydroxylation sites is 1. The second-order valence-electron chi connectivity index (χ2n) is 6.22. The fourth-order valence-corrected chi connectivity index (χ4v) is 3.39. The van der Waals surface area contributed by atoms with Crippen LogP contribution in [-0.2, 0) is 6.42 Å². The molecule has 3 aromatic rings. The highest BCUT2D eigenvalue weighted by molar-refractivity contribution is 5.81. The zero-order chi connectivity index (χ0) is 16.5. The molecule has 2 atom stereocenters. The van der Waals surface area contributed by atoms with E-state index in [1.165, 1.54) is 11.9 Å². The van der Waals surface area contributed by atoms with E-state index in [0.717, 1.165) is 29.7 Å². The van der Waals surface area contributed by atoms with Crippen molar-refractivity contribution in [2.45, 2.75) is 12.5 Å². The molecule has 0 radical (unpaired) electrons. The lowest BCUT2D eigenvalue weighted by molar-refractivity contribution is 0.148. The fourth-order valence-electron chi connectivity index (χ4n) is 3.39. The fraction of sp³-hybridized carbons (Fsp3) is 0.278. The van der Waals surface area contributed by atoms with Crippen LogP contribution in [-0.4, -0.2) is 39.3 Å². The van der Waals surface area contributed by atoms with Gasteiger partial charge in [-0.05, 0) is 24.1 Å². The summed E-state index contributed by atoms with van der Waals surface area (Å²) in [6.45, 7) is 1.30. The molecule has 6 heteroatoms. The Hall–Kier alpha value is -2.73. The molecule has 1 aromatic carbocycles. The van der Waals surface area contributed by atoms with E-state index in [1.54, 1.807) is 6.07 Å².